The zero-order valence-corrected chi connectivity index (χ0v) is 15.2. The predicted molar refractivity (Wildman–Crippen MR) is 106 cm³/mol. The topological polar surface area (TPSA) is 74.8 Å². The van der Waals surface area contributed by atoms with Crippen LogP contribution in [0.2, 0.25) is 0 Å². The first-order valence-corrected chi connectivity index (χ1v) is 9.46. The third kappa shape index (κ3) is 3.92. The SMILES string of the molecule is O=C(CCCc1nc2ccccc2c(=O)[nH]1)NCC1(c2ccccc2)CC1. The fraction of sp³-hybridized carbons (Fsp3) is 0.318. The van der Waals surface area contributed by atoms with Crippen molar-refractivity contribution in [2.24, 2.45) is 0 Å². The van der Waals surface area contributed by atoms with Gasteiger partial charge in [0.15, 0.2) is 0 Å². The minimum Gasteiger partial charge on any atom is -0.355 e. The Labute approximate surface area is 157 Å². The van der Waals surface area contributed by atoms with Crippen molar-refractivity contribution in [3.63, 3.8) is 0 Å². The molecule has 0 unspecified atom stereocenters. The van der Waals surface area contributed by atoms with Crippen LogP contribution in [0.1, 0.15) is 37.1 Å². The number of hydrogen-bond donors (Lipinski definition) is 2. The number of nitrogens with one attached hydrogen (secondary N) is 2. The summed E-state index contributed by atoms with van der Waals surface area (Å²) in [5.74, 6) is 0.690. The number of amides is 1. The van der Waals surface area contributed by atoms with Crippen LogP contribution < -0.4 is 10.9 Å². The Hall–Kier alpha value is -2.95. The van der Waals surface area contributed by atoms with E-state index in [-0.39, 0.29) is 16.9 Å². The van der Waals surface area contributed by atoms with Gasteiger partial charge < -0.3 is 10.3 Å². The highest BCUT2D eigenvalue weighted by Crippen LogP contribution is 2.47. The Morgan fingerprint density at radius 2 is 1.81 bits per heavy atom. The average molecular weight is 361 g/mol. The molecule has 1 amide bonds. The summed E-state index contributed by atoms with van der Waals surface area (Å²) in [7, 11) is 0. The molecule has 0 spiro atoms. The number of hydrogen-bond acceptors (Lipinski definition) is 3. The maximum absolute atomic E-state index is 12.2. The van der Waals surface area contributed by atoms with Gasteiger partial charge in [0.05, 0.1) is 10.9 Å². The molecule has 1 heterocycles. The van der Waals surface area contributed by atoms with Crippen molar-refractivity contribution in [3.8, 4) is 0 Å². The summed E-state index contributed by atoms with van der Waals surface area (Å²) in [4.78, 5) is 31.6. The van der Waals surface area contributed by atoms with Gasteiger partial charge >= 0.3 is 0 Å². The Bertz CT molecular complexity index is 1010. The van der Waals surface area contributed by atoms with E-state index in [1.807, 2.05) is 24.3 Å². The lowest BCUT2D eigenvalue weighted by Crippen LogP contribution is -2.32. The van der Waals surface area contributed by atoms with Gasteiger partial charge in [0, 0.05) is 24.8 Å². The Balaban J connectivity index is 1.28. The van der Waals surface area contributed by atoms with Crippen LogP contribution in [0.5, 0.6) is 0 Å². The number of carbonyl (C=O) groups is 1. The van der Waals surface area contributed by atoms with Crippen molar-refractivity contribution in [1.82, 2.24) is 15.3 Å². The number of nitrogens with zero attached hydrogens (tertiary/aromatic N) is 1. The van der Waals surface area contributed by atoms with Gasteiger partial charge in [-0.05, 0) is 37.0 Å². The van der Waals surface area contributed by atoms with Crippen molar-refractivity contribution < 1.29 is 4.79 Å². The number of H-pyrrole nitrogens is 1. The summed E-state index contributed by atoms with van der Waals surface area (Å²) in [6.45, 7) is 0.695. The van der Waals surface area contributed by atoms with Crippen LogP contribution >= 0.6 is 0 Å². The summed E-state index contributed by atoms with van der Waals surface area (Å²) in [5.41, 5.74) is 2.00. The molecule has 0 saturated heterocycles. The molecule has 5 nitrogen and oxygen atoms in total. The Morgan fingerprint density at radius 3 is 2.59 bits per heavy atom. The van der Waals surface area contributed by atoms with Gasteiger partial charge in [-0.1, -0.05) is 42.5 Å². The minimum absolute atomic E-state index is 0.0559. The van der Waals surface area contributed by atoms with E-state index in [0.717, 1.165) is 12.8 Å². The van der Waals surface area contributed by atoms with Crippen molar-refractivity contribution >= 4 is 16.8 Å². The number of rotatable bonds is 7. The largest absolute Gasteiger partial charge is 0.355 e. The summed E-state index contributed by atoms with van der Waals surface area (Å²) in [6.07, 6.45) is 3.92. The number of aromatic amines is 1. The number of aryl methyl sites for hydroxylation is 1. The molecule has 2 aromatic carbocycles. The van der Waals surface area contributed by atoms with Crippen molar-refractivity contribution in [2.75, 3.05) is 6.54 Å². The molecule has 4 rings (SSSR count). The normalized spacial score (nSPS) is 14.8. The quantitative estimate of drug-likeness (QED) is 0.679. The molecule has 0 bridgehead atoms. The molecule has 1 aliphatic rings. The van der Waals surface area contributed by atoms with Gasteiger partial charge in [-0.15, -0.1) is 0 Å². The second kappa shape index (κ2) is 7.35. The number of benzene rings is 2. The minimum atomic E-state index is -0.126. The van der Waals surface area contributed by atoms with Gasteiger partial charge in [0.25, 0.3) is 5.56 Å². The fourth-order valence-electron chi connectivity index (χ4n) is 3.54. The number of carbonyl (C=O) groups excluding carboxylic acids is 1. The summed E-state index contributed by atoms with van der Waals surface area (Å²) < 4.78 is 0. The zero-order chi connectivity index (χ0) is 18.7. The third-order valence-corrected chi connectivity index (χ3v) is 5.34. The summed E-state index contributed by atoms with van der Waals surface area (Å²) in [6, 6.07) is 17.7. The lowest BCUT2D eigenvalue weighted by atomic mass is 9.96. The van der Waals surface area contributed by atoms with E-state index in [1.165, 1.54) is 5.56 Å². The molecule has 138 valence electrons. The molecule has 1 aliphatic carbocycles. The van der Waals surface area contributed by atoms with Gasteiger partial charge in [-0.25, -0.2) is 4.98 Å². The first-order valence-electron chi connectivity index (χ1n) is 9.46. The molecule has 0 atom stereocenters. The van der Waals surface area contributed by atoms with Crippen LogP contribution in [-0.2, 0) is 16.6 Å². The molecular weight excluding hydrogens is 338 g/mol. The maximum atomic E-state index is 12.2. The van der Waals surface area contributed by atoms with Crippen LogP contribution in [0.4, 0.5) is 0 Å². The summed E-state index contributed by atoms with van der Waals surface area (Å²) >= 11 is 0. The molecule has 0 radical (unpaired) electrons. The maximum Gasteiger partial charge on any atom is 0.258 e. The van der Waals surface area contributed by atoms with Gasteiger partial charge in [0.2, 0.25) is 5.91 Å². The number of aromatic nitrogens is 2. The van der Waals surface area contributed by atoms with E-state index >= 15 is 0 Å². The highest BCUT2D eigenvalue weighted by molar-refractivity contribution is 5.77. The lowest BCUT2D eigenvalue weighted by Gasteiger charge is -2.16. The first kappa shape index (κ1) is 17.5. The summed E-state index contributed by atoms with van der Waals surface area (Å²) in [5, 5.41) is 3.67. The van der Waals surface area contributed by atoms with Crippen LogP contribution in [0.3, 0.4) is 0 Å². The van der Waals surface area contributed by atoms with Crippen LogP contribution in [0.25, 0.3) is 10.9 Å². The molecular formula is C22H23N3O2. The monoisotopic (exact) mass is 361 g/mol. The van der Waals surface area contributed by atoms with Crippen LogP contribution in [0.15, 0.2) is 59.4 Å². The zero-order valence-electron chi connectivity index (χ0n) is 15.2. The van der Waals surface area contributed by atoms with E-state index in [9.17, 15) is 9.59 Å². The first-order chi connectivity index (χ1) is 13.2. The highest BCUT2D eigenvalue weighted by Gasteiger charge is 2.44. The van der Waals surface area contributed by atoms with Gasteiger partial charge in [-0.3, -0.25) is 9.59 Å². The average Bonchev–Trinajstić information content (AvgIpc) is 3.49. The fourth-order valence-corrected chi connectivity index (χ4v) is 3.54. The second-order valence-electron chi connectivity index (χ2n) is 7.31. The van der Waals surface area contributed by atoms with Crippen molar-refractivity contribution in [2.45, 2.75) is 37.5 Å². The Kier molecular flexibility index (Phi) is 4.75. The molecule has 2 N–H and O–H groups in total. The lowest BCUT2D eigenvalue weighted by molar-refractivity contribution is -0.121. The van der Waals surface area contributed by atoms with Gasteiger partial charge in [-0.2, -0.15) is 0 Å². The standard InChI is InChI=1S/C22H23N3O2/c26-20(23-15-22(13-14-22)16-7-2-1-3-8-16)12-6-11-19-24-18-10-5-4-9-17(18)21(27)25-19/h1-5,7-10H,6,11-15H2,(H,23,26)(H,24,25,27). The number of fused-ring (bicyclic) bond motifs is 1. The molecule has 1 aromatic heterocycles. The predicted octanol–water partition coefficient (Wildman–Crippen LogP) is 3.09. The molecule has 1 saturated carbocycles. The van der Waals surface area contributed by atoms with Crippen molar-refractivity contribution in [3.05, 3.63) is 76.3 Å². The Morgan fingerprint density at radius 1 is 1.07 bits per heavy atom. The molecule has 0 aliphatic heterocycles. The van der Waals surface area contributed by atoms with Crippen LogP contribution in [-0.4, -0.2) is 22.4 Å². The highest BCUT2D eigenvalue weighted by atomic mass is 16.1. The smallest absolute Gasteiger partial charge is 0.258 e. The number of para-hydroxylation sites is 1. The van der Waals surface area contributed by atoms with E-state index < -0.39 is 0 Å². The van der Waals surface area contributed by atoms with E-state index in [4.69, 9.17) is 0 Å². The molecule has 3 aromatic rings. The molecule has 5 heteroatoms. The van der Waals surface area contributed by atoms with Crippen LogP contribution in [0, 0.1) is 0 Å². The molecule has 1 fully saturated rings. The van der Waals surface area contributed by atoms with E-state index in [2.05, 4.69) is 39.6 Å². The third-order valence-electron chi connectivity index (χ3n) is 5.34. The second-order valence-corrected chi connectivity index (χ2v) is 7.31. The van der Waals surface area contributed by atoms with E-state index in [1.54, 1.807) is 6.07 Å². The van der Waals surface area contributed by atoms with E-state index in [0.29, 0.717) is 42.5 Å². The molecule has 27 heavy (non-hydrogen) atoms. The van der Waals surface area contributed by atoms with Crippen molar-refractivity contribution in [1.29, 1.82) is 0 Å². The van der Waals surface area contributed by atoms with Gasteiger partial charge in [0.1, 0.15) is 5.82 Å².